The first-order chi connectivity index (χ1) is 8.12. The van der Waals surface area contributed by atoms with Crippen LogP contribution in [0.4, 0.5) is 11.8 Å². The molecule has 0 aromatic carbocycles. The minimum atomic E-state index is 0.683. The van der Waals surface area contributed by atoms with Crippen LogP contribution in [0.5, 0.6) is 0 Å². The largest absolute Gasteiger partial charge is 0.357 e. The predicted octanol–water partition coefficient (Wildman–Crippen LogP) is 2.70. The summed E-state index contributed by atoms with van der Waals surface area (Å²) in [4.78, 5) is 11.1. The summed E-state index contributed by atoms with van der Waals surface area (Å²) < 4.78 is 0. The van der Waals surface area contributed by atoms with Gasteiger partial charge in [0.15, 0.2) is 0 Å². The lowest BCUT2D eigenvalue weighted by Crippen LogP contribution is -2.29. The molecule has 0 spiro atoms. The highest BCUT2D eigenvalue weighted by Gasteiger charge is 2.13. The Morgan fingerprint density at radius 1 is 1.41 bits per heavy atom. The molecule has 1 aromatic rings. The average Bonchev–Trinajstić information content (AvgIpc) is 2.36. The Bertz CT molecular complexity index is 351. The SMILES string of the molecule is CCC(C)CN(CC)c1nc(NC)ncc1C. The number of aromatic nitrogens is 2. The number of hydrogen-bond donors (Lipinski definition) is 1. The van der Waals surface area contributed by atoms with E-state index in [-0.39, 0.29) is 0 Å². The Morgan fingerprint density at radius 2 is 2.12 bits per heavy atom. The molecule has 96 valence electrons. The molecule has 0 fully saturated rings. The molecule has 0 amide bonds. The summed E-state index contributed by atoms with van der Waals surface area (Å²) in [6, 6.07) is 0. The van der Waals surface area contributed by atoms with Crippen LogP contribution in [-0.2, 0) is 0 Å². The molecule has 0 aliphatic heterocycles. The number of rotatable bonds is 6. The minimum Gasteiger partial charge on any atom is -0.357 e. The molecule has 0 aliphatic carbocycles. The van der Waals surface area contributed by atoms with E-state index in [1.807, 2.05) is 13.2 Å². The maximum Gasteiger partial charge on any atom is 0.224 e. The molecule has 0 saturated heterocycles. The highest BCUT2D eigenvalue weighted by Crippen LogP contribution is 2.19. The van der Waals surface area contributed by atoms with Crippen LogP contribution in [-0.4, -0.2) is 30.1 Å². The highest BCUT2D eigenvalue weighted by atomic mass is 15.2. The van der Waals surface area contributed by atoms with E-state index in [9.17, 15) is 0 Å². The van der Waals surface area contributed by atoms with Crippen LogP contribution in [0.2, 0.25) is 0 Å². The Morgan fingerprint density at radius 3 is 2.65 bits per heavy atom. The lowest BCUT2D eigenvalue weighted by molar-refractivity contribution is 0.545. The maximum atomic E-state index is 4.55. The van der Waals surface area contributed by atoms with Gasteiger partial charge in [-0.2, -0.15) is 4.98 Å². The fraction of sp³-hybridized carbons (Fsp3) is 0.692. The second-order valence-electron chi connectivity index (χ2n) is 4.50. The lowest BCUT2D eigenvalue weighted by Gasteiger charge is -2.26. The first-order valence-corrected chi connectivity index (χ1v) is 6.38. The Labute approximate surface area is 104 Å². The zero-order valence-corrected chi connectivity index (χ0v) is 11.6. The van der Waals surface area contributed by atoms with Crippen LogP contribution in [0, 0.1) is 12.8 Å². The molecule has 1 aromatic heterocycles. The van der Waals surface area contributed by atoms with Gasteiger partial charge in [0, 0.05) is 31.9 Å². The van der Waals surface area contributed by atoms with Gasteiger partial charge in [0.2, 0.25) is 5.95 Å². The smallest absolute Gasteiger partial charge is 0.224 e. The summed E-state index contributed by atoms with van der Waals surface area (Å²) in [6.45, 7) is 10.8. The van der Waals surface area contributed by atoms with Gasteiger partial charge >= 0.3 is 0 Å². The first-order valence-electron chi connectivity index (χ1n) is 6.38. The van der Waals surface area contributed by atoms with Crippen LogP contribution in [0.25, 0.3) is 0 Å². The van der Waals surface area contributed by atoms with Crippen molar-refractivity contribution in [3.8, 4) is 0 Å². The fourth-order valence-electron chi connectivity index (χ4n) is 1.74. The molecule has 1 N–H and O–H groups in total. The predicted molar refractivity (Wildman–Crippen MR) is 73.7 cm³/mol. The number of anilines is 2. The molecule has 1 unspecified atom stereocenters. The quantitative estimate of drug-likeness (QED) is 0.824. The van der Waals surface area contributed by atoms with Crippen molar-refractivity contribution >= 4 is 11.8 Å². The Kier molecular flexibility index (Phi) is 5.19. The standard InChI is InChI=1S/C13H24N4/c1-6-10(3)9-17(7-2)12-11(4)8-15-13(14-5)16-12/h8,10H,6-7,9H2,1-5H3,(H,14,15,16). The van der Waals surface area contributed by atoms with Crippen LogP contribution >= 0.6 is 0 Å². The topological polar surface area (TPSA) is 41.1 Å². The van der Waals surface area contributed by atoms with Crippen molar-refractivity contribution in [1.82, 2.24) is 9.97 Å². The van der Waals surface area contributed by atoms with Gasteiger partial charge in [-0.3, -0.25) is 0 Å². The van der Waals surface area contributed by atoms with Gasteiger partial charge in [0.1, 0.15) is 5.82 Å². The van der Waals surface area contributed by atoms with Gasteiger partial charge in [-0.25, -0.2) is 4.98 Å². The lowest BCUT2D eigenvalue weighted by atomic mass is 10.1. The van der Waals surface area contributed by atoms with Crippen LogP contribution in [0.3, 0.4) is 0 Å². The normalized spacial score (nSPS) is 12.3. The first kappa shape index (κ1) is 13.7. The summed E-state index contributed by atoms with van der Waals surface area (Å²) in [7, 11) is 1.85. The van der Waals surface area contributed by atoms with Crippen LogP contribution < -0.4 is 10.2 Å². The monoisotopic (exact) mass is 236 g/mol. The van der Waals surface area contributed by atoms with E-state index in [1.54, 1.807) is 0 Å². The molecular weight excluding hydrogens is 212 g/mol. The van der Waals surface area contributed by atoms with Gasteiger partial charge in [0.25, 0.3) is 0 Å². The van der Waals surface area contributed by atoms with Crippen molar-refractivity contribution in [1.29, 1.82) is 0 Å². The number of hydrogen-bond acceptors (Lipinski definition) is 4. The molecule has 4 nitrogen and oxygen atoms in total. The van der Waals surface area contributed by atoms with Crippen LogP contribution in [0.15, 0.2) is 6.20 Å². The average molecular weight is 236 g/mol. The molecule has 0 bridgehead atoms. The van der Waals surface area contributed by atoms with Crippen molar-refractivity contribution in [2.24, 2.45) is 5.92 Å². The summed E-state index contributed by atoms with van der Waals surface area (Å²) in [5.74, 6) is 2.42. The van der Waals surface area contributed by atoms with Crippen LogP contribution in [0.1, 0.15) is 32.8 Å². The van der Waals surface area contributed by atoms with Crippen molar-refractivity contribution < 1.29 is 0 Å². The molecular formula is C13H24N4. The summed E-state index contributed by atoms with van der Waals surface area (Å²) in [6.07, 6.45) is 3.08. The summed E-state index contributed by atoms with van der Waals surface area (Å²) in [5.41, 5.74) is 1.13. The Balaban J connectivity index is 2.93. The Hall–Kier alpha value is -1.32. The fourth-order valence-corrected chi connectivity index (χ4v) is 1.74. The molecule has 0 radical (unpaired) electrons. The number of aryl methyl sites for hydroxylation is 1. The van der Waals surface area contributed by atoms with Crippen molar-refractivity contribution in [2.75, 3.05) is 30.4 Å². The van der Waals surface area contributed by atoms with Crippen molar-refractivity contribution in [3.63, 3.8) is 0 Å². The van der Waals surface area contributed by atoms with E-state index in [0.29, 0.717) is 11.9 Å². The maximum absolute atomic E-state index is 4.55. The van der Waals surface area contributed by atoms with E-state index in [4.69, 9.17) is 0 Å². The highest BCUT2D eigenvalue weighted by molar-refractivity contribution is 5.48. The molecule has 0 aliphatic rings. The second kappa shape index (κ2) is 6.42. The van der Waals surface area contributed by atoms with Gasteiger partial charge in [-0.1, -0.05) is 20.3 Å². The third kappa shape index (κ3) is 3.58. The van der Waals surface area contributed by atoms with E-state index >= 15 is 0 Å². The minimum absolute atomic E-state index is 0.683. The molecule has 17 heavy (non-hydrogen) atoms. The third-order valence-corrected chi connectivity index (χ3v) is 3.08. The number of nitrogens with one attached hydrogen (secondary N) is 1. The summed E-state index contributed by atoms with van der Waals surface area (Å²) in [5, 5.41) is 2.99. The molecule has 0 saturated carbocycles. The molecule has 1 rings (SSSR count). The molecule has 1 heterocycles. The van der Waals surface area contributed by atoms with E-state index in [2.05, 4.69) is 47.9 Å². The zero-order valence-electron chi connectivity index (χ0n) is 11.6. The van der Waals surface area contributed by atoms with Gasteiger partial charge < -0.3 is 10.2 Å². The van der Waals surface area contributed by atoms with E-state index in [1.165, 1.54) is 6.42 Å². The van der Waals surface area contributed by atoms with E-state index in [0.717, 1.165) is 24.5 Å². The molecule has 1 atom stereocenters. The zero-order chi connectivity index (χ0) is 12.8. The van der Waals surface area contributed by atoms with E-state index < -0.39 is 0 Å². The van der Waals surface area contributed by atoms with Crippen molar-refractivity contribution in [2.45, 2.75) is 34.1 Å². The van der Waals surface area contributed by atoms with Gasteiger partial charge in [-0.05, 0) is 19.8 Å². The van der Waals surface area contributed by atoms with Crippen molar-refractivity contribution in [3.05, 3.63) is 11.8 Å². The van der Waals surface area contributed by atoms with Gasteiger partial charge in [-0.15, -0.1) is 0 Å². The third-order valence-electron chi connectivity index (χ3n) is 3.08. The molecule has 4 heteroatoms. The summed E-state index contributed by atoms with van der Waals surface area (Å²) >= 11 is 0. The van der Waals surface area contributed by atoms with Gasteiger partial charge in [0.05, 0.1) is 0 Å². The number of nitrogens with zero attached hydrogens (tertiary/aromatic N) is 3. The second-order valence-corrected chi connectivity index (χ2v) is 4.50.